The number of para-hydroxylation sites is 2. The van der Waals surface area contributed by atoms with Crippen molar-refractivity contribution in [3.63, 3.8) is 0 Å². The first-order valence-corrected chi connectivity index (χ1v) is 9.12. The number of carbonyl (C=O) groups is 2. The van der Waals surface area contributed by atoms with Gasteiger partial charge in [-0.15, -0.1) is 0 Å². The van der Waals surface area contributed by atoms with Gasteiger partial charge < -0.3 is 19.9 Å². The molecule has 6 nitrogen and oxygen atoms in total. The molecule has 0 bridgehead atoms. The molecule has 0 aliphatic carbocycles. The van der Waals surface area contributed by atoms with Crippen molar-refractivity contribution >= 4 is 23.2 Å². The number of nitrogens with one attached hydrogen (secondary N) is 1. The van der Waals surface area contributed by atoms with E-state index in [1.54, 1.807) is 7.11 Å². The number of nitrogens with zero attached hydrogens (tertiary/aromatic N) is 2. The Morgan fingerprint density at radius 2 is 2.04 bits per heavy atom. The second-order valence-corrected chi connectivity index (χ2v) is 6.68. The first kappa shape index (κ1) is 17.7. The van der Waals surface area contributed by atoms with Crippen molar-refractivity contribution < 1.29 is 14.3 Å². The largest absolute Gasteiger partial charge is 0.385 e. The molecule has 25 heavy (non-hydrogen) atoms. The van der Waals surface area contributed by atoms with E-state index in [0.717, 1.165) is 37.3 Å². The predicted molar refractivity (Wildman–Crippen MR) is 97.9 cm³/mol. The Hall–Kier alpha value is -2.08. The molecular weight excluding hydrogens is 318 g/mol. The highest BCUT2D eigenvalue weighted by atomic mass is 16.5. The van der Waals surface area contributed by atoms with Gasteiger partial charge in [-0.2, -0.15) is 0 Å². The van der Waals surface area contributed by atoms with Gasteiger partial charge in [0.25, 0.3) is 0 Å². The standard InChI is InChI=1S/C19H27N3O3/c1-25-13-5-11-20-18(23)9-10-19(24)22-14-15-6-4-12-21(15)16-7-2-3-8-17(16)22/h2-3,7-8,15H,4-6,9-14H2,1H3,(H,20,23). The fourth-order valence-electron chi connectivity index (χ4n) is 3.71. The lowest BCUT2D eigenvalue weighted by molar-refractivity contribution is -0.125. The van der Waals surface area contributed by atoms with Crippen LogP contribution in [0.1, 0.15) is 32.1 Å². The van der Waals surface area contributed by atoms with Crippen molar-refractivity contribution in [3.05, 3.63) is 24.3 Å². The number of hydrogen-bond acceptors (Lipinski definition) is 4. The maximum Gasteiger partial charge on any atom is 0.227 e. The molecule has 1 fully saturated rings. The molecule has 1 aromatic rings. The monoisotopic (exact) mass is 345 g/mol. The molecule has 2 heterocycles. The Kier molecular flexibility index (Phi) is 5.91. The van der Waals surface area contributed by atoms with Gasteiger partial charge in [0.15, 0.2) is 0 Å². The van der Waals surface area contributed by atoms with Gasteiger partial charge in [0.1, 0.15) is 0 Å². The van der Waals surface area contributed by atoms with Gasteiger partial charge in [0.05, 0.1) is 11.4 Å². The lowest BCUT2D eigenvalue weighted by Gasteiger charge is -2.40. The van der Waals surface area contributed by atoms with E-state index in [1.165, 1.54) is 6.42 Å². The van der Waals surface area contributed by atoms with Gasteiger partial charge in [0.2, 0.25) is 11.8 Å². The van der Waals surface area contributed by atoms with Crippen LogP contribution < -0.4 is 15.1 Å². The minimum Gasteiger partial charge on any atom is -0.385 e. The molecule has 0 spiro atoms. The van der Waals surface area contributed by atoms with Gasteiger partial charge in [-0.3, -0.25) is 9.59 Å². The molecule has 0 saturated carbocycles. The topological polar surface area (TPSA) is 61.9 Å². The first-order chi connectivity index (χ1) is 12.2. The molecule has 0 aromatic heterocycles. The molecule has 3 rings (SSSR count). The van der Waals surface area contributed by atoms with Crippen molar-refractivity contribution in [1.29, 1.82) is 0 Å². The molecular formula is C19H27N3O3. The molecule has 1 aromatic carbocycles. The van der Waals surface area contributed by atoms with Crippen LogP contribution in [0.5, 0.6) is 0 Å². The third-order valence-electron chi connectivity index (χ3n) is 4.97. The maximum atomic E-state index is 12.7. The smallest absolute Gasteiger partial charge is 0.227 e. The zero-order chi connectivity index (χ0) is 17.6. The molecule has 2 aliphatic rings. The highest BCUT2D eigenvalue weighted by Crippen LogP contribution is 2.39. The fraction of sp³-hybridized carbons (Fsp3) is 0.579. The Balaban J connectivity index is 1.57. The van der Waals surface area contributed by atoms with E-state index in [4.69, 9.17) is 4.74 Å². The molecule has 1 unspecified atom stereocenters. The van der Waals surface area contributed by atoms with Crippen LogP contribution in [0, 0.1) is 0 Å². The molecule has 0 radical (unpaired) electrons. The second-order valence-electron chi connectivity index (χ2n) is 6.68. The summed E-state index contributed by atoms with van der Waals surface area (Å²) in [6, 6.07) is 8.50. The van der Waals surface area contributed by atoms with E-state index in [0.29, 0.717) is 19.2 Å². The summed E-state index contributed by atoms with van der Waals surface area (Å²) in [6.07, 6.45) is 3.56. The Morgan fingerprint density at radius 1 is 1.24 bits per heavy atom. The number of anilines is 2. The molecule has 2 aliphatic heterocycles. The number of carbonyl (C=O) groups excluding carboxylic acids is 2. The van der Waals surface area contributed by atoms with Gasteiger partial charge in [-0.25, -0.2) is 0 Å². The third-order valence-corrected chi connectivity index (χ3v) is 4.97. The quantitative estimate of drug-likeness (QED) is 0.767. The average Bonchev–Trinajstić information content (AvgIpc) is 3.11. The number of hydrogen-bond donors (Lipinski definition) is 1. The normalized spacial score (nSPS) is 18.7. The zero-order valence-electron chi connectivity index (χ0n) is 14.9. The van der Waals surface area contributed by atoms with Gasteiger partial charge >= 0.3 is 0 Å². The SMILES string of the molecule is COCCCNC(=O)CCC(=O)N1CC2CCCN2c2ccccc21. The Bertz CT molecular complexity index is 620. The number of rotatable bonds is 7. The van der Waals surface area contributed by atoms with Crippen molar-refractivity contribution in [2.45, 2.75) is 38.1 Å². The van der Waals surface area contributed by atoms with Gasteiger partial charge in [0, 0.05) is 52.2 Å². The highest BCUT2D eigenvalue weighted by Gasteiger charge is 2.35. The first-order valence-electron chi connectivity index (χ1n) is 9.12. The maximum absolute atomic E-state index is 12.7. The lowest BCUT2D eigenvalue weighted by atomic mass is 10.1. The summed E-state index contributed by atoms with van der Waals surface area (Å²) < 4.78 is 4.95. The summed E-state index contributed by atoms with van der Waals surface area (Å²) >= 11 is 0. The van der Waals surface area contributed by atoms with Crippen LogP contribution in [0.25, 0.3) is 0 Å². The van der Waals surface area contributed by atoms with E-state index < -0.39 is 0 Å². The van der Waals surface area contributed by atoms with Crippen molar-refractivity contribution in [2.24, 2.45) is 0 Å². The van der Waals surface area contributed by atoms with Crippen LogP contribution in [0.2, 0.25) is 0 Å². The lowest BCUT2D eigenvalue weighted by Crippen LogP contribution is -2.48. The van der Waals surface area contributed by atoms with Gasteiger partial charge in [-0.05, 0) is 31.4 Å². The van der Waals surface area contributed by atoms with Crippen LogP contribution in [-0.2, 0) is 14.3 Å². The predicted octanol–water partition coefficient (Wildman–Crippen LogP) is 1.93. The summed E-state index contributed by atoms with van der Waals surface area (Å²) in [5.74, 6) is -0.0386. The zero-order valence-corrected chi connectivity index (χ0v) is 14.9. The summed E-state index contributed by atoms with van der Waals surface area (Å²) in [4.78, 5) is 28.9. The summed E-state index contributed by atoms with van der Waals surface area (Å²) in [5.41, 5.74) is 2.12. The number of methoxy groups -OCH3 is 1. The van der Waals surface area contributed by atoms with E-state index in [1.807, 2.05) is 23.1 Å². The number of ether oxygens (including phenoxy) is 1. The summed E-state index contributed by atoms with van der Waals surface area (Å²) in [6.45, 7) is 3.00. The van der Waals surface area contributed by atoms with Gasteiger partial charge in [-0.1, -0.05) is 12.1 Å². The average molecular weight is 345 g/mol. The molecule has 1 N–H and O–H groups in total. The van der Waals surface area contributed by atoms with Crippen LogP contribution >= 0.6 is 0 Å². The molecule has 6 heteroatoms. The second kappa shape index (κ2) is 8.34. The third kappa shape index (κ3) is 4.12. The Labute approximate surface area is 149 Å². The van der Waals surface area contributed by atoms with E-state index in [2.05, 4.69) is 16.3 Å². The van der Waals surface area contributed by atoms with Crippen molar-refractivity contribution in [2.75, 3.05) is 43.2 Å². The van der Waals surface area contributed by atoms with E-state index >= 15 is 0 Å². The van der Waals surface area contributed by atoms with Crippen molar-refractivity contribution in [1.82, 2.24) is 5.32 Å². The van der Waals surface area contributed by atoms with E-state index in [9.17, 15) is 9.59 Å². The number of fused-ring (bicyclic) bond motifs is 3. The number of benzene rings is 1. The molecule has 1 saturated heterocycles. The fourth-order valence-corrected chi connectivity index (χ4v) is 3.71. The summed E-state index contributed by atoms with van der Waals surface area (Å²) in [5, 5.41) is 2.83. The minimum atomic E-state index is -0.0720. The molecule has 136 valence electrons. The highest BCUT2D eigenvalue weighted by molar-refractivity contribution is 5.99. The molecule has 1 atom stereocenters. The van der Waals surface area contributed by atoms with Crippen molar-refractivity contribution in [3.8, 4) is 0 Å². The van der Waals surface area contributed by atoms with Crippen LogP contribution in [0.4, 0.5) is 11.4 Å². The Morgan fingerprint density at radius 3 is 2.84 bits per heavy atom. The van der Waals surface area contributed by atoms with Crippen LogP contribution in [0.3, 0.4) is 0 Å². The van der Waals surface area contributed by atoms with E-state index in [-0.39, 0.29) is 24.7 Å². The summed E-state index contributed by atoms with van der Waals surface area (Å²) in [7, 11) is 1.64. The van der Waals surface area contributed by atoms with Crippen LogP contribution in [0.15, 0.2) is 24.3 Å². The molecule has 2 amide bonds. The van der Waals surface area contributed by atoms with Crippen LogP contribution in [-0.4, -0.2) is 51.2 Å². The number of amides is 2. The minimum absolute atomic E-state index is 0.0334.